The number of hydrogen-bond donors (Lipinski definition) is 2. The molecular formula is C15H11BrN2O3. The summed E-state index contributed by atoms with van der Waals surface area (Å²) in [6.45, 7) is 0. The number of rotatable bonds is 3. The summed E-state index contributed by atoms with van der Waals surface area (Å²) in [5.74, 6) is -0.899. The minimum Gasteiger partial charge on any atom is -0.375 e. The molecule has 0 fully saturated rings. The normalized spacial score (nSPS) is 20.0. The van der Waals surface area contributed by atoms with Crippen molar-refractivity contribution in [2.45, 2.75) is 12.0 Å². The van der Waals surface area contributed by atoms with Crippen molar-refractivity contribution in [2.75, 3.05) is 5.32 Å². The van der Waals surface area contributed by atoms with Gasteiger partial charge in [-0.2, -0.15) is 0 Å². The SMILES string of the molecule is O=C(C[C@]1(O)C(=O)Nc2cc(Br)ccc21)c1ccncc1. The van der Waals surface area contributed by atoms with Gasteiger partial charge in [0.25, 0.3) is 5.91 Å². The third kappa shape index (κ3) is 2.36. The van der Waals surface area contributed by atoms with Crippen LogP contribution in [0.25, 0.3) is 0 Å². The van der Waals surface area contributed by atoms with Gasteiger partial charge >= 0.3 is 0 Å². The summed E-state index contributed by atoms with van der Waals surface area (Å²) in [6.07, 6.45) is 2.69. The van der Waals surface area contributed by atoms with E-state index in [0.29, 0.717) is 16.8 Å². The third-order valence-electron chi connectivity index (χ3n) is 3.47. The first-order valence-electron chi connectivity index (χ1n) is 6.28. The van der Waals surface area contributed by atoms with Gasteiger partial charge < -0.3 is 10.4 Å². The van der Waals surface area contributed by atoms with Gasteiger partial charge in [0.2, 0.25) is 0 Å². The van der Waals surface area contributed by atoms with Crippen molar-refractivity contribution in [2.24, 2.45) is 0 Å². The van der Waals surface area contributed by atoms with Gasteiger partial charge in [-0.15, -0.1) is 0 Å². The molecule has 0 saturated carbocycles. The molecular weight excluding hydrogens is 336 g/mol. The van der Waals surface area contributed by atoms with Crippen LogP contribution in [0.3, 0.4) is 0 Å². The Bertz CT molecular complexity index is 733. The molecule has 0 unspecified atom stereocenters. The average Bonchev–Trinajstić information content (AvgIpc) is 2.70. The summed E-state index contributed by atoms with van der Waals surface area (Å²) in [7, 11) is 0. The Morgan fingerprint density at radius 3 is 2.71 bits per heavy atom. The van der Waals surface area contributed by atoms with E-state index in [1.807, 2.05) is 0 Å². The van der Waals surface area contributed by atoms with E-state index in [2.05, 4.69) is 26.2 Å². The van der Waals surface area contributed by atoms with Crippen LogP contribution in [0, 0.1) is 0 Å². The maximum atomic E-state index is 12.3. The first kappa shape index (κ1) is 13.9. The molecule has 0 saturated heterocycles. The lowest BCUT2D eigenvalue weighted by Gasteiger charge is -2.20. The Hall–Kier alpha value is -2.05. The molecule has 1 atom stereocenters. The van der Waals surface area contributed by atoms with Gasteiger partial charge in [-0.1, -0.05) is 22.0 Å². The smallest absolute Gasteiger partial charge is 0.261 e. The van der Waals surface area contributed by atoms with Crippen molar-refractivity contribution in [1.82, 2.24) is 4.98 Å². The predicted molar refractivity (Wildman–Crippen MR) is 79.9 cm³/mol. The van der Waals surface area contributed by atoms with Crippen LogP contribution >= 0.6 is 15.9 Å². The zero-order valence-corrected chi connectivity index (χ0v) is 12.4. The number of aliphatic hydroxyl groups is 1. The lowest BCUT2D eigenvalue weighted by Crippen LogP contribution is -2.36. The van der Waals surface area contributed by atoms with Crippen LogP contribution in [0.4, 0.5) is 5.69 Å². The molecule has 2 aromatic rings. The van der Waals surface area contributed by atoms with Crippen molar-refractivity contribution < 1.29 is 14.7 Å². The first-order valence-corrected chi connectivity index (χ1v) is 7.07. The predicted octanol–water partition coefficient (Wildman–Crippen LogP) is 2.26. The maximum Gasteiger partial charge on any atom is 0.261 e. The largest absolute Gasteiger partial charge is 0.375 e. The quantitative estimate of drug-likeness (QED) is 0.835. The summed E-state index contributed by atoms with van der Waals surface area (Å²) in [6, 6.07) is 8.17. The minimum atomic E-state index is -1.84. The van der Waals surface area contributed by atoms with Gasteiger partial charge in [-0.25, -0.2) is 0 Å². The molecule has 5 nitrogen and oxygen atoms in total. The second-order valence-electron chi connectivity index (χ2n) is 4.84. The summed E-state index contributed by atoms with van der Waals surface area (Å²) >= 11 is 3.30. The molecule has 3 rings (SSSR count). The van der Waals surface area contributed by atoms with E-state index in [1.54, 1.807) is 30.3 Å². The number of carbonyl (C=O) groups is 2. The number of Topliss-reactive ketones (excluding diaryl/α,β-unsaturated/α-hetero) is 1. The highest BCUT2D eigenvalue weighted by atomic mass is 79.9. The van der Waals surface area contributed by atoms with E-state index in [0.717, 1.165) is 4.47 Å². The Kier molecular flexibility index (Phi) is 3.35. The Labute approximate surface area is 129 Å². The lowest BCUT2D eigenvalue weighted by atomic mass is 9.88. The highest BCUT2D eigenvalue weighted by molar-refractivity contribution is 9.10. The van der Waals surface area contributed by atoms with E-state index in [1.165, 1.54) is 12.4 Å². The number of nitrogens with one attached hydrogen (secondary N) is 1. The molecule has 106 valence electrons. The lowest BCUT2D eigenvalue weighted by molar-refractivity contribution is -0.133. The molecule has 1 amide bonds. The zero-order chi connectivity index (χ0) is 15.0. The molecule has 1 aromatic carbocycles. The summed E-state index contributed by atoms with van der Waals surface area (Å²) in [4.78, 5) is 28.2. The average molecular weight is 347 g/mol. The van der Waals surface area contributed by atoms with Gasteiger partial charge in [0.1, 0.15) is 0 Å². The Morgan fingerprint density at radius 2 is 2.00 bits per heavy atom. The van der Waals surface area contributed by atoms with Crippen LogP contribution in [-0.4, -0.2) is 21.8 Å². The zero-order valence-electron chi connectivity index (χ0n) is 10.8. The topological polar surface area (TPSA) is 79.3 Å². The highest BCUT2D eigenvalue weighted by Crippen LogP contribution is 2.40. The van der Waals surface area contributed by atoms with Crippen molar-refractivity contribution in [3.05, 3.63) is 58.3 Å². The summed E-state index contributed by atoms with van der Waals surface area (Å²) in [5.41, 5.74) is -0.495. The molecule has 1 aliphatic rings. The Balaban J connectivity index is 1.95. The first-order chi connectivity index (χ1) is 10.0. The van der Waals surface area contributed by atoms with Crippen LogP contribution in [0.2, 0.25) is 0 Å². The third-order valence-corrected chi connectivity index (χ3v) is 3.96. The number of pyridine rings is 1. The fourth-order valence-corrected chi connectivity index (χ4v) is 2.74. The molecule has 2 N–H and O–H groups in total. The number of carbonyl (C=O) groups excluding carboxylic acids is 2. The minimum absolute atomic E-state index is 0.308. The standard InChI is InChI=1S/C15H11BrN2O3/c16-10-1-2-11-12(7-10)18-14(20)15(11,21)8-13(19)9-3-5-17-6-4-9/h1-7,21H,8H2,(H,18,20)/t15-/m1/s1. The van der Waals surface area contributed by atoms with Crippen molar-refractivity contribution in [1.29, 1.82) is 0 Å². The van der Waals surface area contributed by atoms with Gasteiger partial charge in [0.05, 0.1) is 6.42 Å². The number of ketones is 1. The van der Waals surface area contributed by atoms with Crippen LogP contribution in [-0.2, 0) is 10.4 Å². The highest BCUT2D eigenvalue weighted by Gasteiger charge is 2.46. The molecule has 1 aliphatic heterocycles. The molecule has 6 heteroatoms. The van der Waals surface area contributed by atoms with Crippen molar-refractivity contribution >= 4 is 33.3 Å². The summed E-state index contributed by atoms with van der Waals surface area (Å²) in [5, 5.41) is 13.3. The van der Waals surface area contributed by atoms with Crippen molar-refractivity contribution in [3.63, 3.8) is 0 Å². The fraction of sp³-hybridized carbons (Fsp3) is 0.133. The summed E-state index contributed by atoms with van der Waals surface area (Å²) < 4.78 is 0.784. The molecule has 0 spiro atoms. The van der Waals surface area contributed by atoms with Gasteiger partial charge in [-0.05, 0) is 24.3 Å². The number of benzene rings is 1. The number of halogens is 1. The van der Waals surface area contributed by atoms with Crippen LogP contribution < -0.4 is 5.32 Å². The van der Waals surface area contributed by atoms with Gasteiger partial charge in [0, 0.05) is 33.7 Å². The second-order valence-corrected chi connectivity index (χ2v) is 5.76. The fourth-order valence-electron chi connectivity index (χ4n) is 2.38. The number of fused-ring (bicyclic) bond motifs is 1. The molecule has 0 radical (unpaired) electrons. The van der Waals surface area contributed by atoms with E-state index in [4.69, 9.17) is 0 Å². The number of anilines is 1. The molecule has 21 heavy (non-hydrogen) atoms. The van der Waals surface area contributed by atoms with E-state index < -0.39 is 11.5 Å². The van der Waals surface area contributed by atoms with E-state index >= 15 is 0 Å². The van der Waals surface area contributed by atoms with Crippen LogP contribution in [0.15, 0.2) is 47.2 Å². The van der Waals surface area contributed by atoms with Crippen LogP contribution in [0.5, 0.6) is 0 Å². The van der Waals surface area contributed by atoms with Crippen molar-refractivity contribution in [3.8, 4) is 0 Å². The molecule has 0 bridgehead atoms. The van der Waals surface area contributed by atoms with Gasteiger partial charge in [-0.3, -0.25) is 14.6 Å². The van der Waals surface area contributed by atoms with E-state index in [-0.39, 0.29) is 12.2 Å². The van der Waals surface area contributed by atoms with E-state index in [9.17, 15) is 14.7 Å². The second kappa shape index (κ2) is 5.05. The maximum absolute atomic E-state index is 12.3. The Morgan fingerprint density at radius 1 is 1.29 bits per heavy atom. The molecule has 0 aliphatic carbocycles. The monoisotopic (exact) mass is 346 g/mol. The van der Waals surface area contributed by atoms with Gasteiger partial charge in [0.15, 0.2) is 11.4 Å². The number of nitrogens with zero attached hydrogens (tertiary/aromatic N) is 1. The molecule has 1 aromatic heterocycles. The van der Waals surface area contributed by atoms with Crippen LogP contribution in [0.1, 0.15) is 22.3 Å². The number of hydrogen-bond acceptors (Lipinski definition) is 4. The number of amides is 1. The number of aromatic nitrogens is 1. The molecule has 2 heterocycles.